The highest BCUT2D eigenvalue weighted by Crippen LogP contribution is 2.14. The first-order valence-corrected chi connectivity index (χ1v) is 5.72. The van der Waals surface area contributed by atoms with Crippen LogP contribution in [0.5, 0.6) is 0 Å². The van der Waals surface area contributed by atoms with Crippen molar-refractivity contribution in [3.05, 3.63) is 35.9 Å². The van der Waals surface area contributed by atoms with Crippen LogP contribution in [0, 0.1) is 5.92 Å². The van der Waals surface area contributed by atoms with Crippen molar-refractivity contribution in [2.45, 2.75) is 46.6 Å². The number of benzene rings is 1. The predicted octanol–water partition coefficient (Wildman–Crippen LogP) is 3.93. The highest BCUT2D eigenvalue weighted by molar-refractivity contribution is 5.21. The van der Waals surface area contributed by atoms with Crippen molar-refractivity contribution in [1.82, 2.24) is 0 Å². The molecule has 0 aromatic heterocycles. The van der Waals surface area contributed by atoms with E-state index in [9.17, 15) is 0 Å². The smallest absolute Gasteiger partial charge is 0.0352 e. The molecule has 0 amide bonds. The standard InChI is InChI=1S/C9H13N.C5H12/c1-9(2,10)8-6-4-3-5-7-8;1-4-5(2)3/h3-7H,10H2,1-2H3;5H,4H2,1-3H3. The minimum Gasteiger partial charge on any atom is -0.322 e. The summed E-state index contributed by atoms with van der Waals surface area (Å²) in [5, 5.41) is 0. The molecule has 1 nitrogen and oxygen atoms in total. The molecule has 1 aromatic rings. The summed E-state index contributed by atoms with van der Waals surface area (Å²) in [6.45, 7) is 10.6. The second-order valence-electron chi connectivity index (χ2n) is 4.89. The zero-order valence-electron chi connectivity index (χ0n) is 10.7. The first-order valence-electron chi connectivity index (χ1n) is 5.72. The second-order valence-corrected chi connectivity index (χ2v) is 4.89. The molecule has 0 atom stereocenters. The average Bonchev–Trinajstić information content (AvgIpc) is 2.19. The largest absolute Gasteiger partial charge is 0.322 e. The van der Waals surface area contributed by atoms with Crippen molar-refractivity contribution < 1.29 is 0 Å². The van der Waals surface area contributed by atoms with Crippen molar-refractivity contribution in [3.8, 4) is 0 Å². The van der Waals surface area contributed by atoms with Gasteiger partial charge in [-0.25, -0.2) is 0 Å². The Kier molecular flexibility index (Phi) is 6.26. The first-order chi connectivity index (χ1) is 6.88. The summed E-state index contributed by atoms with van der Waals surface area (Å²) in [7, 11) is 0. The van der Waals surface area contributed by atoms with Gasteiger partial charge in [0, 0.05) is 5.54 Å². The van der Waals surface area contributed by atoms with Crippen LogP contribution in [0.4, 0.5) is 0 Å². The van der Waals surface area contributed by atoms with E-state index in [1.165, 1.54) is 12.0 Å². The molecule has 1 aromatic carbocycles. The fourth-order valence-corrected chi connectivity index (χ4v) is 0.868. The Balaban J connectivity index is 0.000000336. The Morgan fingerprint density at radius 3 is 1.73 bits per heavy atom. The van der Waals surface area contributed by atoms with Gasteiger partial charge in [0.25, 0.3) is 0 Å². The molecule has 86 valence electrons. The molecule has 1 rings (SSSR count). The molecule has 0 unspecified atom stereocenters. The lowest BCUT2D eigenvalue weighted by molar-refractivity contribution is 0.554. The molecule has 0 bridgehead atoms. The van der Waals surface area contributed by atoms with Crippen LogP contribution in [0.25, 0.3) is 0 Å². The molecule has 2 N–H and O–H groups in total. The molecule has 15 heavy (non-hydrogen) atoms. The third-order valence-corrected chi connectivity index (χ3v) is 2.33. The van der Waals surface area contributed by atoms with Crippen LogP contribution in [0.1, 0.15) is 46.6 Å². The molecule has 0 fully saturated rings. The molecule has 0 saturated heterocycles. The molecule has 0 spiro atoms. The summed E-state index contributed by atoms with van der Waals surface area (Å²) in [6, 6.07) is 10.1. The zero-order chi connectivity index (χ0) is 11.9. The minimum absolute atomic E-state index is 0.207. The van der Waals surface area contributed by atoms with E-state index in [4.69, 9.17) is 5.73 Å². The summed E-state index contributed by atoms with van der Waals surface area (Å²) in [6.07, 6.45) is 1.31. The summed E-state index contributed by atoms with van der Waals surface area (Å²) < 4.78 is 0. The van der Waals surface area contributed by atoms with Crippen LogP contribution >= 0.6 is 0 Å². The number of rotatable bonds is 2. The van der Waals surface area contributed by atoms with Gasteiger partial charge >= 0.3 is 0 Å². The van der Waals surface area contributed by atoms with Gasteiger partial charge in [-0.05, 0) is 25.3 Å². The molecular weight excluding hydrogens is 182 g/mol. The van der Waals surface area contributed by atoms with Crippen LogP contribution in [-0.4, -0.2) is 0 Å². The zero-order valence-corrected chi connectivity index (χ0v) is 10.7. The van der Waals surface area contributed by atoms with Crippen LogP contribution in [0.3, 0.4) is 0 Å². The van der Waals surface area contributed by atoms with E-state index in [-0.39, 0.29) is 5.54 Å². The van der Waals surface area contributed by atoms with Gasteiger partial charge in [-0.3, -0.25) is 0 Å². The van der Waals surface area contributed by atoms with Crippen LogP contribution in [0.2, 0.25) is 0 Å². The van der Waals surface area contributed by atoms with Gasteiger partial charge in [-0.1, -0.05) is 57.5 Å². The Bertz CT molecular complexity index is 244. The van der Waals surface area contributed by atoms with E-state index >= 15 is 0 Å². The SMILES string of the molecule is CC(C)(N)c1ccccc1.CCC(C)C. The quantitative estimate of drug-likeness (QED) is 0.781. The Morgan fingerprint density at radius 1 is 1.13 bits per heavy atom. The van der Waals surface area contributed by atoms with Crippen LogP contribution in [0.15, 0.2) is 30.3 Å². The van der Waals surface area contributed by atoms with Crippen molar-refractivity contribution in [2.24, 2.45) is 11.7 Å². The normalized spacial score (nSPS) is 10.9. The Morgan fingerprint density at radius 2 is 1.53 bits per heavy atom. The molecule has 0 aliphatic heterocycles. The van der Waals surface area contributed by atoms with Crippen molar-refractivity contribution in [3.63, 3.8) is 0 Å². The van der Waals surface area contributed by atoms with Crippen molar-refractivity contribution >= 4 is 0 Å². The van der Waals surface area contributed by atoms with Crippen molar-refractivity contribution in [2.75, 3.05) is 0 Å². The lowest BCUT2D eigenvalue weighted by Crippen LogP contribution is -2.28. The fraction of sp³-hybridized carbons (Fsp3) is 0.571. The Hall–Kier alpha value is -0.820. The monoisotopic (exact) mass is 207 g/mol. The number of hydrogen-bond donors (Lipinski definition) is 1. The van der Waals surface area contributed by atoms with Gasteiger partial charge in [0.15, 0.2) is 0 Å². The number of hydrogen-bond acceptors (Lipinski definition) is 1. The van der Waals surface area contributed by atoms with Gasteiger partial charge in [-0.15, -0.1) is 0 Å². The highest BCUT2D eigenvalue weighted by Gasteiger charge is 2.11. The minimum atomic E-state index is -0.207. The van der Waals surface area contributed by atoms with Gasteiger partial charge in [-0.2, -0.15) is 0 Å². The van der Waals surface area contributed by atoms with E-state index in [0.29, 0.717) is 0 Å². The third-order valence-electron chi connectivity index (χ3n) is 2.33. The van der Waals surface area contributed by atoms with E-state index in [1.807, 2.05) is 44.2 Å². The Labute approximate surface area is 94.7 Å². The first kappa shape index (κ1) is 14.2. The summed E-state index contributed by atoms with van der Waals surface area (Å²) in [5.41, 5.74) is 6.83. The van der Waals surface area contributed by atoms with Gasteiger partial charge in [0.2, 0.25) is 0 Å². The third kappa shape index (κ3) is 7.15. The molecule has 1 heteroatoms. The average molecular weight is 207 g/mol. The molecular formula is C14H25N. The molecule has 0 aliphatic rings. The molecule has 0 aliphatic carbocycles. The van der Waals surface area contributed by atoms with E-state index in [1.54, 1.807) is 0 Å². The highest BCUT2D eigenvalue weighted by atomic mass is 14.7. The van der Waals surface area contributed by atoms with Gasteiger partial charge in [0.05, 0.1) is 0 Å². The fourth-order valence-electron chi connectivity index (χ4n) is 0.868. The second kappa shape index (κ2) is 6.62. The van der Waals surface area contributed by atoms with Crippen molar-refractivity contribution in [1.29, 1.82) is 0 Å². The maximum atomic E-state index is 5.86. The van der Waals surface area contributed by atoms with E-state index < -0.39 is 0 Å². The van der Waals surface area contributed by atoms with Gasteiger partial charge < -0.3 is 5.73 Å². The van der Waals surface area contributed by atoms with E-state index in [0.717, 1.165) is 5.92 Å². The van der Waals surface area contributed by atoms with E-state index in [2.05, 4.69) is 20.8 Å². The molecule has 0 saturated carbocycles. The summed E-state index contributed by atoms with van der Waals surface area (Å²) in [4.78, 5) is 0. The molecule has 0 heterocycles. The summed E-state index contributed by atoms with van der Waals surface area (Å²) >= 11 is 0. The topological polar surface area (TPSA) is 26.0 Å². The number of nitrogens with two attached hydrogens (primary N) is 1. The maximum absolute atomic E-state index is 5.86. The lowest BCUT2D eigenvalue weighted by atomic mass is 9.96. The van der Waals surface area contributed by atoms with Crippen LogP contribution in [-0.2, 0) is 5.54 Å². The lowest BCUT2D eigenvalue weighted by Gasteiger charge is -2.18. The van der Waals surface area contributed by atoms with Gasteiger partial charge in [0.1, 0.15) is 0 Å². The predicted molar refractivity (Wildman–Crippen MR) is 68.8 cm³/mol. The molecule has 0 radical (unpaired) electrons. The van der Waals surface area contributed by atoms with Crippen LogP contribution < -0.4 is 5.73 Å². The maximum Gasteiger partial charge on any atom is 0.0352 e. The summed E-state index contributed by atoms with van der Waals surface area (Å²) in [5.74, 6) is 0.884.